The molecule has 3 heteroatoms. The Hall–Kier alpha value is -0.960. The van der Waals surface area contributed by atoms with Crippen LogP contribution in [-0.4, -0.2) is 17.6 Å². The number of carbonyl (C=O) groups excluding carboxylic acids is 1. The molecule has 1 N–H and O–H groups in total. The predicted octanol–water partition coefficient (Wildman–Crippen LogP) is 2.07. The van der Waals surface area contributed by atoms with Gasteiger partial charge in [-0.3, -0.25) is 4.79 Å². The molecule has 0 atom stereocenters. The zero-order valence-corrected chi connectivity index (χ0v) is 7.60. The fourth-order valence-corrected chi connectivity index (χ4v) is 1.52. The largest absolute Gasteiger partial charge is 0.507 e. The van der Waals surface area contributed by atoms with Crippen LogP contribution in [-0.2, 0) is 5.75 Å². The first-order chi connectivity index (χ1) is 5.79. The summed E-state index contributed by atoms with van der Waals surface area (Å²) in [6, 6.07) is 5.19. The zero-order valence-electron chi connectivity index (χ0n) is 6.78. The fourth-order valence-electron chi connectivity index (χ4n) is 0.978. The van der Waals surface area contributed by atoms with Crippen LogP contribution < -0.4 is 0 Å². The first-order valence-corrected chi connectivity index (χ1v) is 4.94. The molecule has 0 aliphatic carbocycles. The lowest BCUT2D eigenvalue weighted by Crippen LogP contribution is -1.86. The minimum Gasteiger partial charge on any atom is -0.507 e. The summed E-state index contributed by atoms with van der Waals surface area (Å²) < 4.78 is 0. The Morgan fingerprint density at radius 2 is 2.33 bits per heavy atom. The Labute approximate surface area is 75.6 Å². The standard InChI is InChI=1S/C9H10O2S/c1-12-6-8-4-2-3-7(5-10)9(8)11/h2-5,11H,6H2,1H3. The van der Waals surface area contributed by atoms with E-state index in [1.54, 1.807) is 23.9 Å². The molecule has 0 amide bonds. The second-order valence-corrected chi connectivity index (χ2v) is 3.27. The van der Waals surface area contributed by atoms with Crippen molar-refractivity contribution in [3.05, 3.63) is 29.3 Å². The third-order valence-corrected chi connectivity index (χ3v) is 2.18. The number of carbonyl (C=O) groups is 1. The van der Waals surface area contributed by atoms with E-state index >= 15 is 0 Å². The Kier molecular flexibility index (Phi) is 3.17. The van der Waals surface area contributed by atoms with Crippen LogP contribution in [0.15, 0.2) is 18.2 Å². The number of aromatic hydroxyl groups is 1. The average molecular weight is 182 g/mol. The van der Waals surface area contributed by atoms with Gasteiger partial charge in [0.15, 0.2) is 6.29 Å². The number of para-hydroxylation sites is 1. The molecule has 1 aromatic rings. The molecule has 0 saturated carbocycles. The Morgan fingerprint density at radius 3 is 2.92 bits per heavy atom. The number of phenolic OH excluding ortho intramolecular Hbond substituents is 1. The number of rotatable bonds is 3. The average Bonchev–Trinajstić information content (AvgIpc) is 2.09. The minimum atomic E-state index is 0.113. The van der Waals surface area contributed by atoms with E-state index in [0.29, 0.717) is 11.8 Å². The van der Waals surface area contributed by atoms with E-state index in [-0.39, 0.29) is 5.75 Å². The molecule has 0 heterocycles. The van der Waals surface area contributed by atoms with Gasteiger partial charge in [0.05, 0.1) is 5.56 Å². The van der Waals surface area contributed by atoms with Crippen molar-refractivity contribution in [3.63, 3.8) is 0 Å². The molecule has 0 aliphatic heterocycles. The number of benzene rings is 1. The number of thioether (sulfide) groups is 1. The van der Waals surface area contributed by atoms with E-state index in [9.17, 15) is 9.90 Å². The van der Waals surface area contributed by atoms with Crippen molar-refractivity contribution in [3.8, 4) is 5.75 Å². The van der Waals surface area contributed by atoms with Gasteiger partial charge in [0.2, 0.25) is 0 Å². The normalized spacial score (nSPS) is 9.75. The van der Waals surface area contributed by atoms with E-state index in [2.05, 4.69) is 0 Å². The lowest BCUT2D eigenvalue weighted by Gasteiger charge is -2.03. The van der Waals surface area contributed by atoms with Crippen molar-refractivity contribution in [2.45, 2.75) is 5.75 Å². The van der Waals surface area contributed by atoms with Gasteiger partial charge < -0.3 is 5.11 Å². The molecule has 2 nitrogen and oxygen atoms in total. The van der Waals surface area contributed by atoms with Gasteiger partial charge in [-0.25, -0.2) is 0 Å². The van der Waals surface area contributed by atoms with Crippen LogP contribution in [0, 0.1) is 0 Å². The molecule has 0 spiro atoms. The summed E-state index contributed by atoms with van der Waals surface area (Å²) in [5, 5.41) is 9.48. The zero-order chi connectivity index (χ0) is 8.97. The van der Waals surface area contributed by atoms with E-state index in [0.717, 1.165) is 11.3 Å². The van der Waals surface area contributed by atoms with Gasteiger partial charge in [0.25, 0.3) is 0 Å². The predicted molar refractivity (Wildman–Crippen MR) is 50.7 cm³/mol. The van der Waals surface area contributed by atoms with Gasteiger partial charge in [0, 0.05) is 11.3 Å². The second-order valence-electron chi connectivity index (χ2n) is 2.41. The summed E-state index contributed by atoms with van der Waals surface area (Å²) in [7, 11) is 0. The Morgan fingerprint density at radius 1 is 1.58 bits per heavy atom. The van der Waals surface area contributed by atoms with Gasteiger partial charge in [0.1, 0.15) is 5.75 Å². The summed E-state index contributed by atoms with van der Waals surface area (Å²) >= 11 is 1.61. The molecule has 1 rings (SSSR count). The van der Waals surface area contributed by atoms with E-state index in [4.69, 9.17) is 0 Å². The number of hydrogen-bond acceptors (Lipinski definition) is 3. The quantitative estimate of drug-likeness (QED) is 0.727. The van der Waals surface area contributed by atoms with E-state index in [1.807, 2.05) is 12.3 Å². The maximum Gasteiger partial charge on any atom is 0.153 e. The van der Waals surface area contributed by atoms with Crippen molar-refractivity contribution in [1.82, 2.24) is 0 Å². The number of aldehydes is 1. The van der Waals surface area contributed by atoms with Gasteiger partial charge in [-0.15, -0.1) is 0 Å². The molecular weight excluding hydrogens is 172 g/mol. The summed E-state index contributed by atoms with van der Waals surface area (Å²) in [6.07, 6.45) is 2.62. The highest BCUT2D eigenvalue weighted by Crippen LogP contribution is 2.23. The summed E-state index contributed by atoms with van der Waals surface area (Å²) in [4.78, 5) is 10.4. The van der Waals surface area contributed by atoms with Crippen molar-refractivity contribution in [2.75, 3.05) is 6.26 Å². The van der Waals surface area contributed by atoms with Gasteiger partial charge in [-0.2, -0.15) is 11.8 Å². The molecular formula is C9H10O2S. The smallest absolute Gasteiger partial charge is 0.153 e. The second kappa shape index (κ2) is 4.16. The highest BCUT2D eigenvalue weighted by Gasteiger charge is 2.04. The van der Waals surface area contributed by atoms with Crippen LogP contribution in [0.2, 0.25) is 0 Å². The molecule has 12 heavy (non-hydrogen) atoms. The van der Waals surface area contributed by atoms with Crippen LogP contribution >= 0.6 is 11.8 Å². The topological polar surface area (TPSA) is 37.3 Å². The highest BCUT2D eigenvalue weighted by molar-refractivity contribution is 7.97. The third-order valence-electron chi connectivity index (χ3n) is 1.58. The third kappa shape index (κ3) is 1.80. The lowest BCUT2D eigenvalue weighted by atomic mass is 10.1. The van der Waals surface area contributed by atoms with Crippen LogP contribution in [0.4, 0.5) is 0 Å². The number of hydrogen-bond donors (Lipinski definition) is 1. The van der Waals surface area contributed by atoms with Crippen molar-refractivity contribution >= 4 is 18.0 Å². The molecule has 0 aromatic heterocycles. The van der Waals surface area contributed by atoms with Crippen LogP contribution in [0.1, 0.15) is 15.9 Å². The van der Waals surface area contributed by atoms with Crippen LogP contribution in [0.5, 0.6) is 5.75 Å². The Bertz CT molecular complexity index is 284. The first-order valence-electron chi connectivity index (χ1n) is 3.54. The molecule has 0 fully saturated rings. The maximum atomic E-state index is 10.4. The summed E-state index contributed by atoms with van der Waals surface area (Å²) in [5.41, 5.74) is 1.17. The van der Waals surface area contributed by atoms with Crippen LogP contribution in [0.3, 0.4) is 0 Å². The summed E-state index contributed by atoms with van der Waals surface area (Å²) in [6.45, 7) is 0. The maximum absolute atomic E-state index is 10.4. The minimum absolute atomic E-state index is 0.113. The molecule has 0 radical (unpaired) electrons. The lowest BCUT2D eigenvalue weighted by molar-refractivity contribution is 0.112. The first kappa shape index (κ1) is 9.13. The van der Waals surface area contributed by atoms with Gasteiger partial charge >= 0.3 is 0 Å². The molecule has 0 aliphatic rings. The highest BCUT2D eigenvalue weighted by atomic mass is 32.2. The van der Waals surface area contributed by atoms with E-state index in [1.165, 1.54) is 0 Å². The van der Waals surface area contributed by atoms with Crippen molar-refractivity contribution < 1.29 is 9.90 Å². The summed E-state index contributed by atoms with van der Waals surface area (Å²) in [5.74, 6) is 0.842. The van der Waals surface area contributed by atoms with Crippen molar-refractivity contribution in [1.29, 1.82) is 0 Å². The van der Waals surface area contributed by atoms with E-state index < -0.39 is 0 Å². The molecule has 64 valence electrons. The molecule has 0 unspecified atom stereocenters. The molecule has 0 bridgehead atoms. The molecule has 0 saturated heterocycles. The van der Waals surface area contributed by atoms with Gasteiger partial charge in [-0.1, -0.05) is 12.1 Å². The SMILES string of the molecule is CSCc1cccc(C=O)c1O. The fraction of sp³-hybridized carbons (Fsp3) is 0.222. The number of phenols is 1. The Balaban J connectivity index is 3.04. The van der Waals surface area contributed by atoms with Gasteiger partial charge in [-0.05, 0) is 12.3 Å². The van der Waals surface area contributed by atoms with Crippen molar-refractivity contribution in [2.24, 2.45) is 0 Å². The molecule has 1 aromatic carbocycles. The monoisotopic (exact) mass is 182 g/mol. The van der Waals surface area contributed by atoms with Crippen LogP contribution in [0.25, 0.3) is 0 Å².